The van der Waals surface area contributed by atoms with E-state index in [0.717, 1.165) is 31.1 Å². The standard InChI is InChI=1S/C30H36FN6O8P/c1-17(27(38)43-19-11-5-6-12-19)36-46(40,45-21-14-8-10-18-9-4-7-13-20(18)21)42-15-22-24(31)30(2,39)28(44-22)37-16-33-23-25(37)34-29(32)35-26(23)41-3/h4,7-10,13-14,16-17,19,22,24,28,39H,5-6,11-12,15H2,1-3H3,(H,36,40)(H2,32,34,35)/t17-,22+,24+,28+,30+,46?/m0/s1. The van der Waals surface area contributed by atoms with Gasteiger partial charge in [0.1, 0.15) is 29.6 Å². The minimum atomic E-state index is -4.41. The predicted molar refractivity (Wildman–Crippen MR) is 165 cm³/mol. The van der Waals surface area contributed by atoms with E-state index >= 15 is 4.39 Å². The Bertz CT molecular complexity index is 1780. The van der Waals surface area contributed by atoms with E-state index in [4.69, 9.17) is 29.0 Å². The lowest BCUT2D eigenvalue weighted by atomic mass is 9.98. The number of benzene rings is 2. The number of aromatic nitrogens is 4. The monoisotopic (exact) mass is 658 g/mol. The van der Waals surface area contributed by atoms with Crippen molar-refractivity contribution in [2.45, 2.75) is 75.8 Å². The fourth-order valence-corrected chi connectivity index (χ4v) is 7.33. The van der Waals surface area contributed by atoms with Crippen LogP contribution in [0.5, 0.6) is 11.6 Å². The molecule has 0 bridgehead atoms. The first-order chi connectivity index (χ1) is 22.0. The Kier molecular flexibility index (Phi) is 8.87. The lowest BCUT2D eigenvalue weighted by Crippen LogP contribution is -2.42. The maximum atomic E-state index is 15.9. The van der Waals surface area contributed by atoms with Crippen LogP contribution >= 0.6 is 7.75 Å². The van der Waals surface area contributed by atoms with Gasteiger partial charge in [-0.2, -0.15) is 15.1 Å². The summed E-state index contributed by atoms with van der Waals surface area (Å²) in [6.07, 6.45) is -0.262. The van der Waals surface area contributed by atoms with E-state index in [1.807, 2.05) is 18.2 Å². The average Bonchev–Trinajstić information content (AvgIpc) is 3.75. The highest BCUT2D eigenvalue weighted by atomic mass is 31.2. The molecule has 2 aromatic carbocycles. The van der Waals surface area contributed by atoms with Crippen LogP contribution < -0.4 is 20.1 Å². The smallest absolute Gasteiger partial charge is 0.459 e. The number of aliphatic hydroxyl groups is 1. The highest BCUT2D eigenvalue weighted by Crippen LogP contribution is 2.49. The number of esters is 1. The van der Waals surface area contributed by atoms with Crippen molar-refractivity contribution in [1.29, 1.82) is 0 Å². The highest BCUT2D eigenvalue weighted by Gasteiger charge is 2.55. The first-order valence-electron chi connectivity index (χ1n) is 15.0. The maximum absolute atomic E-state index is 15.9. The molecule has 2 aliphatic rings. The number of ether oxygens (including phenoxy) is 3. The molecule has 1 aliphatic carbocycles. The van der Waals surface area contributed by atoms with Gasteiger partial charge in [-0.3, -0.25) is 13.9 Å². The number of imidazole rings is 1. The Morgan fingerprint density at radius 1 is 1.24 bits per heavy atom. The molecule has 246 valence electrons. The Morgan fingerprint density at radius 3 is 2.74 bits per heavy atom. The van der Waals surface area contributed by atoms with Crippen LogP contribution in [-0.4, -0.2) is 74.3 Å². The zero-order chi connectivity index (χ0) is 32.6. The number of hydrogen-bond acceptors (Lipinski definition) is 12. The number of methoxy groups -OCH3 is 1. The van der Waals surface area contributed by atoms with E-state index in [9.17, 15) is 14.5 Å². The van der Waals surface area contributed by atoms with Gasteiger partial charge in [0.05, 0.1) is 20.0 Å². The summed E-state index contributed by atoms with van der Waals surface area (Å²) in [5.41, 5.74) is 4.08. The van der Waals surface area contributed by atoms with Gasteiger partial charge in [-0.25, -0.2) is 13.9 Å². The Hall–Kier alpha value is -3.88. The average molecular weight is 659 g/mol. The summed E-state index contributed by atoms with van der Waals surface area (Å²) in [7, 11) is -3.02. The molecule has 0 amide bonds. The van der Waals surface area contributed by atoms with Crippen LogP contribution in [0.1, 0.15) is 45.8 Å². The molecule has 0 radical (unpaired) electrons. The second-order valence-electron chi connectivity index (χ2n) is 11.6. The molecule has 16 heteroatoms. The summed E-state index contributed by atoms with van der Waals surface area (Å²) in [4.78, 5) is 25.3. The largest absolute Gasteiger partial charge is 0.479 e. The first kappa shape index (κ1) is 32.1. The molecule has 1 unspecified atom stereocenters. The minimum Gasteiger partial charge on any atom is -0.479 e. The molecular weight excluding hydrogens is 622 g/mol. The summed E-state index contributed by atoms with van der Waals surface area (Å²) < 4.78 is 60.0. The van der Waals surface area contributed by atoms with Crippen LogP contribution in [0.25, 0.3) is 21.9 Å². The van der Waals surface area contributed by atoms with Crippen LogP contribution in [0.2, 0.25) is 0 Å². The maximum Gasteiger partial charge on any atom is 0.459 e. The number of anilines is 1. The number of hydrogen-bond donors (Lipinski definition) is 3. The molecule has 2 fully saturated rings. The fourth-order valence-electron chi connectivity index (χ4n) is 5.81. The molecule has 1 saturated heterocycles. The van der Waals surface area contributed by atoms with Gasteiger partial charge in [0.25, 0.3) is 0 Å². The van der Waals surface area contributed by atoms with E-state index in [0.29, 0.717) is 5.39 Å². The van der Waals surface area contributed by atoms with Gasteiger partial charge in [-0.05, 0) is 51.0 Å². The number of alkyl halides is 1. The van der Waals surface area contributed by atoms with Crippen LogP contribution in [0.15, 0.2) is 48.8 Å². The van der Waals surface area contributed by atoms with Gasteiger partial charge < -0.3 is 29.6 Å². The molecule has 3 heterocycles. The molecule has 46 heavy (non-hydrogen) atoms. The van der Waals surface area contributed by atoms with Crippen LogP contribution in [0.4, 0.5) is 10.3 Å². The molecule has 1 saturated carbocycles. The normalized spacial score (nSPS) is 25.5. The summed E-state index contributed by atoms with van der Waals surface area (Å²) >= 11 is 0. The van der Waals surface area contributed by atoms with Crippen molar-refractivity contribution in [2.75, 3.05) is 19.5 Å². The number of nitrogens with one attached hydrogen (secondary N) is 1. The molecule has 6 atom stereocenters. The fraction of sp³-hybridized carbons (Fsp3) is 0.467. The Labute approximate surface area is 263 Å². The van der Waals surface area contributed by atoms with Gasteiger partial charge in [0.2, 0.25) is 11.8 Å². The van der Waals surface area contributed by atoms with Gasteiger partial charge in [-0.15, -0.1) is 0 Å². The Balaban J connectivity index is 1.25. The molecule has 4 N–H and O–H groups in total. The van der Waals surface area contributed by atoms with Gasteiger partial charge in [0.15, 0.2) is 23.6 Å². The number of carbonyl (C=O) groups is 1. The molecule has 6 rings (SSSR count). The van der Waals surface area contributed by atoms with E-state index in [2.05, 4.69) is 20.0 Å². The van der Waals surface area contributed by atoms with Gasteiger partial charge >= 0.3 is 13.7 Å². The summed E-state index contributed by atoms with van der Waals surface area (Å²) in [6, 6.07) is 11.4. The zero-order valence-electron chi connectivity index (χ0n) is 25.5. The molecule has 0 spiro atoms. The second kappa shape index (κ2) is 12.7. The van der Waals surface area contributed by atoms with E-state index in [1.54, 1.807) is 24.3 Å². The number of rotatable bonds is 11. The van der Waals surface area contributed by atoms with Crippen molar-refractivity contribution in [2.24, 2.45) is 0 Å². The number of carbonyl (C=O) groups excluding carboxylic acids is 1. The third-order valence-corrected chi connectivity index (χ3v) is 9.84. The van der Waals surface area contributed by atoms with Gasteiger partial charge in [0, 0.05) is 5.39 Å². The summed E-state index contributed by atoms with van der Waals surface area (Å²) in [5, 5.41) is 15.4. The quantitative estimate of drug-likeness (QED) is 0.154. The van der Waals surface area contributed by atoms with E-state index < -0.39 is 50.5 Å². The molecule has 1 aliphatic heterocycles. The summed E-state index contributed by atoms with van der Waals surface area (Å²) in [6.45, 7) is 2.11. The van der Waals surface area contributed by atoms with Crippen molar-refractivity contribution in [3.63, 3.8) is 0 Å². The van der Waals surface area contributed by atoms with Crippen molar-refractivity contribution >= 4 is 41.6 Å². The lowest BCUT2D eigenvalue weighted by Gasteiger charge is -2.26. The Morgan fingerprint density at radius 2 is 1.98 bits per heavy atom. The predicted octanol–water partition coefficient (Wildman–Crippen LogP) is 4.22. The number of halogens is 1. The third kappa shape index (κ3) is 6.25. The van der Waals surface area contributed by atoms with E-state index in [-0.39, 0.29) is 34.8 Å². The van der Waals surface area contributed by atoms with Crippen molar-refractivity contribution in [3.05, 3.63) is 48.8 Å². The van der Waals surface area contributed by atoms with Crippen molar-refractivity contribution in [3.8, 4) is 11.6 Å². The SMILES string of the molecule is COc1nc(N)nc2c1ncn2[C@@H]1O[C@H](COP(=O)(N[C@@H](C)C(=O)OC2CCCC2)Oc2cccc3ccccc23)[C@@H](F)[C@@]1(C)O. The topological polar surface area (TPSA) is 182 Å². The lowest BCUT2D eigenvalue weighted by molar-refractivity contribution is -0.150. The number of fused-ring (bicyclic) bond motifs is 2. The van der Waals surface area contributed by atoms with Crippen LogP contribution in [0.3, 0.4) is 0 Å². The van der Waals surface area contributed by atoms with Crippen molar-refractivity contribution in [1.82, 2.24) is 24.6 Å². The first-order valence-corrected chi connectivity index (χ1v) is 16.5. The zero-order valence-corrected chi connectivity index (χ0v) is 26.4. The highest BCUT2D eigenvalue weighted by molar-refractivity contribution is 7.52. The molecular formula is C30H36FN6O8P. The molecule has 14 nitrogen and oxygen atoms in total. The number of nitrogen functional groups attached to an aromatic ring is 1. The van der Waals surface area contributed by atoms with Crippen LogP contribution in [-0.2, 0) is 23.4 Å². The minimum absolute atomic E-state index is 0.0914. The number of nitrogens with two attached hydrogens (primary N) is 1. The van der Waals surface area contributed by atoms with Crippen molar-refractivity contribution < 1.29 is 42.1 Å². The van der Waals surface area contributed by atoms with E-state index in [1.165, 1.54) is 31.9 Å². The van der Waals surface area contributed by atoms with Crippen LogP contribution in [0, 0.1) is 0 Å². The third-order valence-electron chi connectivity index (χ3n) is 8.21. The second-order valence-corrected chi connectivity index (χ2v) is 13.3. The van der Waals surface area contributed by atoms with Gasteiger partial charge in [-0.1, -0.05) is 36.4 Å². The molecule has 4 aromatic rings. The summed E-state index contributed by atoms with van der Waals surface area (Å²) in [5.74, 6) is -0.438. The molecule has 2 aromatic heterocycles. The number of nitrogens with zero attached hydrogens (tertiary/aromatic N) is 4.